The number of hydrogen-bond acceptors (Lipinski definition) is 5. The maximum Gasteiger partial charge on any atom is 0.355 e. The molecule has 1 aromatic heterocycles. The Bertz CT molecular complexity index is 914. The summed E-state index contributed by atoms with van der Waals surface area (Å²) in [7, 11) is -1.94. The van der Waals surface area contributed by atoms with Crippen molar-refractivity contribution in [3.8, 4) is 5.75 Å². The van der Waals surface area contributed by atoms with Crippen LogP contribution in [0.1, 0.15) is 35.8 Å². The largest absolute Gasteiger partial charge is 0.493 e. The van der Waals surface area contributed by atoms with E-state index in [0.29, 0.717) is 25.4 Å². The van der Waals surface area contributed by atoms with Gasteiger partial charge in [0.25, 0.3) is 0 Å². The van der Waals surface area contributed by atoms with Gasteiger partial charge in [0, 0.05) is 31.9 Å². The number of sulfonamides is 1. The summed E-state index contributed by atoms with van der Waals surface area (Å²) in [4.78, 5) is 12.6. The number of para-hydroxylation sites is 1. The number of carbonyl (C=O) groups excluding carboxylic acids is 1. The van der Waals surface area contributed by atoms with Crippen LogP contribution in [-0.2, 0) is 28.4 Å². The molecule has 1 aromatic carbocycles. The molecule has 0 aliphatic carbocycles. The highest BCUT2D eigenvalue weighted by Crippen LogP contribution is 2.24. The molecule has 1 aliphatic rings. The van der Waals surface area contributed by atoms with Gasteiger partial charge in [0.2, 0.25) is 10.0 Å². The third-order valence-electron chi connectivity index (χ3n) is 4.52. The molecular weight excluding hydrogens is 368 g/mol. The van der Waals surface area contributed by atoms with Gasteiger partial charge in [-0.15, -0.1) is 0 Å². The number of rotatable bonds is 7. The first-order valence-corrected chi connectivity index (χ1v) is 10.4. The van der Waals surface area contributed by atoms with Crippen LogP contribution in [0.4, 0.5) is 0 Å². The predicted octanol–water partition coefficient (Wildman–Crippen LogP) is 2.57. The van der Waals surface area contributed by atoms with E-state index in [0.717, 1.165) is 18.4 Å². The first-order valence-electron chi connectivity index (χ1n) is 8.98. The van der Waals surface area contributed by atoms with Crippen LogP contribution in [0.15, 0.2) is 41.4 Å². The monoisotopic (exact) mass is 392 g/mol. The van der Waals surface area contributed by atoms with Crippen molar-refractivity contribution in [2.45, 2.75) is 31.3 Å². The topological polar surface area (TPSA) is 77.8 Å². The van der Waals surface area contributed by atoms with Crippen molar-refractivity contribution in [2.75, 3.05) is 19.7 Å². The highest BCUT2D eigenvalue weighted by molar-refractivity contribution is 7.89. The summed E-state index contributed by atoms with van der Waals surface area (Å²) in [5.41, 5.74) is 0.952. The van der Waals surface area contributed by atoms with Crippen molar-refractivity contribution in [1.82, 2.24) is 8.87 Å². The molecule has 0 amide bonds. The summed E-state index contributed by atoms with van der Waals surface area (Å²) in [5, 5.41) is 0. The molecule has 1 saturated heterocycles. The molecule has 2 heterocycles. The van der Waals surface area contributed by atoms with Crippen LogP contribution >= 0.6 is 0 Å². The molecule has 1 fully saturated rings. The third kappa shape index (κ3) is 4.17. The molecule has 27 heavy (non-hydrogen) atoms. The van der Waals surface area contributed by atoms with Gasteiger partial charge >= 0.3 is 5.97 Å². The molecule has 146 valence electrons. The van der Waals surface area contributed by atoms with Crippen molar-refractivity contribution >= 4 is 16.0 Å². The summed E-state index contributed by atoms with van der Waals surface area (Å²) in [6.45, 7) is 3.49. The summed E-state index contributed by atoms with van der Waals surface area (Å²) >= 11 is 0. The Morgan fingerprint density at radius 3 is 2.59 bits per heavy atom. The summed E-state index contributed by atoms with van der Waals surface area (Å²) in [6.07, 6.45) is 3.18. The molecule has 3 rings (SSSR count). The lowest BCUT2D eigenvalue weighted by atomic mass is 10.2. The minimum Gasteiger partial charge on any atom is -0.493 e. The standard InChI is InChI=1S/C19H24N2O5S/c1-3-25-18-9-5-4-8-15(18)14-26-19(22)17-12-16(13-20(17)2)27(23,24)21-10-6-7-11-21/h4-5,8-9,12-13H,3,6-7,10-11,14H2,1-2H3. The second kappa shape index (κ2) is 8.14. The highest BCUT2D eigenvalue weighted by atomic mass is 32.2. The first-order chi connectivity index (χ1) is 12.9. The number of nitrogens with zero attached hydrogens (tertiary/aromatic N) is 2. The molecular formula is C19H24N2O5S. The molecule has 0 spiro atoms. The average molecular weight is 392 g/mol. The van der Waals surface area contributed by atoms with Crippen molar-refractivity contribution in [1.29, 1.82) is 0 Å². The SMILES string of the molecule is CCOc1ccccc1COC(=O)c1cc(S(=O)(=O)N2CCCC2)cn1C. The van der Waals surface area contributed by atoms with Crippen LogP contribution in [0.2, 0.25) is 0 Å². The molecule has 0 atom stereocenters. The van der Waals surface area contributed by atoms with Crippen LogP contribution in [0.5, 0.6) is 5.75 Å². The van der Waals surface area contributed by atoms with E-state index in [2.05, 4.69) is 0 Å². The Hall–Kier alpha value is -2.32. The van der Waals surface area contributed by atoms with E-state index in [1.165, 1.54) is 21.1 Å². The summed E-state index contributed by atoms with van der Waals surface area (Å²) < 4.78 is 39.2. The molecule has 0 bridgehead atoms. The van der Waals surface area contributed by atoms with E-state index in [9.17, 15) is 13.2 Å². The first kappa shape index (κ1) is 19.4. The van der Waals surface area contributed by atoms with Gasteiger partial charge in [-0.3, -0.25) is 0 Å². The average Bonchev–Trinajstić information content (AvgIpc) is 3.31. The van der Waals surface area contributed by atoms with Crippen LogP contribution in [0.3, 0.4) is 0 Å². The van der Waals surface area contributed by atoms with Gasteiger partial charge in [0.05, 0.1) is 6.61 Å². The number of ether oxygens (including phenoxy) is 2. The van der Waals surface area contributed by atoms with Crippen LogP contribution in [0, 0.1) is 0 Å². The van der Waals surface area contributed by atoms with E-state index in [4.69, 9.17) is 9.47 Å². The molecule has 0 radical (unpaired) electrons. The van der Waals surface area contributed by atoms with E-state index in [1.807, 2.05) is 31.2 Å². The van der Waals surface area contributed by atoms with E-state index in [1.54, 1.807) is 7.05 Å². The Balaban J connectivity index is 1.74. The van der Waals surface area contributed by atoms with Crippen molar-refractivity contribution in [3.05, 3.63) is 47.8 Å². The molecule has 2 aromatic rings. The predicted molar refractivity (Wildman–Crippen MR) is 100 cm³/mol. The smallest absolute Gasteiger partial charge is 0.355 e. The van der Waals surface area contributed by atoms with Gasteiger partial charge in [-0.1, -0.05) is 18.2 Å². The fourth-order valence-corrected chi connectivity index (χ4v) is 4.68. The molecule has 1 aliphatic heterocycles. The van der Waals surface area contributed by atoms with Crippen molar-refractivity contribution < 1.29 is 22.7 Å². The lowest BCUT2D eigenvalue weighted by molar-refractivity contribution is 0.0458. The van der Waals surface area contributed by atoms with E-state index >= 15 is 0 Å². The van der Waals surface area contributed by atoms with Gasteiger partial charge < -0.3 is 14.0 Å². The van der Waals surface area contributed by atoms with Gasteiger partial charge in [-0.05, 0) is 31.9 Å². The zero-order chi connectivity index (χ0) is 19.4. The molecule has 7 nitrogen and oxygen atoms in total. The van der Waals surface area contributed by atoms with E-state index < -0.39 is 16.0 Å². The number of esters is 1. The third-order valence-corrected chi connectivity index (χ3v) is 6.39. The van der Waals surface area contributed by atoms with Gasteiger partial charge in [0.1, 0.15) is 22.9 Å². The number of hydrogen-bond donors (Lipinski definition) is 0. The lowest BCUT2D eigenvalue weighted by Crippen LogP contribution is -2.27. The zero-order valence-corrected chi connectivity index (χ0v) is 16.4. The molecule has 8 heteroatoms. The zero-order valence-electron chi connectivity index (χ0n) is 15.6. The fourth-order valence-electron chi connectivity index (χ4n) is 3.09. The summed E-state index contributed by atoms with van der Waals surface area (Å²) in [6, 6.07) is 8.71. The number of benzene rings is 1. The number of aromatic nitrogens is 1. The minimum atomic E-state index is -3.57. The molecule has 0 unspecified atom stereocenters. The highest BCUT2D eigenvalue weighted by Gasteiger charge is 2.29. The Kier molecular flexibility index (Phi) is 5.86. The lowest BCUT2D eigenvalue weighted by Gasteiger charge is -2.13. The normalized spacial score (nSPS) is 15.0. The second-order valence-corrected chi connectivity index (χ2v) is 8.34. The van der Waals surface area contributed by atoms with Crippen molar-refractivity contribution in [2.24, 2.45) is 7.05 Å². The quantitative estimate of drug-likeness (QED) is 0.677. The Morgan fingerprint density at radius 1 is 1.19 bits per heavy atom. The van der Waals surface area contributed by atoms with E-state index in [-0.39, 0.29) is 17.2 Å². The Labute approximate surface area is 159 Å². The maximum absolute atomic E-state index is 12.7. The minimum absolute atomic E-state index is 0.0500. The molecule has 0 saturated carbocycles. The van der Waals surface area contributed by atoms with Crippen LogP contribution < -0.4 is 4.74 Å². The number of carbonyl (C=O) groups is 1. The van der Waals surface area contributed by atoms with Gasteiger partial charge in [-0.25, -0.2) is 13.2 Å². The van der Waals surface area contributed by atoms with Gasteiger partial charge in [-0.2, -0.15) is 4.31 Å². The van der Waals surface area contributed by atoms with Crippen molar-refractivity contribution in [3.63, 3.8) is 0 Å². The molecule has 0 N–H and O–H groups in total. The Morgan fingerprint density at radius 2 is 1.89 bits per heavy atom. The second-order valence-electron chi connectivity index (χ2n) is 6.40. The fraction of sp³-hybridized carbons (Fsp3) is 0.421. The summed E-state index contributed by atoms with van der Waals surface area (Å²) in [5.74, 6) is 0.0867. The maximum atomic E-state index is 12.7. The van der Waals surface area contributed by atoms with Crippen LogP contribution in [-0.4, -0.2) is 43.0 Å². The van der Waals surface area contributed by atoms with Crippen LogP contribution in [0.25, 0.3) is 0 Å². The van der Waals surface area contributed by atoms with Gasteiger partial charge in [0.15, 0.2) is 0 Å². The number of aryl methyl sites for hydroxylation is 1.